The van der Waals surface area contributed by atoms with Crippen molar-refractivity contribution in [2.24, 2.45) is 5.10 Å². The fraction of sp³-hybridized carbons (Fsp3) is 0.211. The second-order valence-corrected chi connectivity index (χ2v) is 5.86. The number of nitrogens with zero attached hydrogens (tertiary/aromatic N) is 3. The Bertz CT molecular complexity index is 898. The molecule has 0 heterocycles. The molecule has 0 aliphatic heterocycles. The van der Waals surface area contributed by atoms with Crippen LogP contribution >= 0.6 is 0 Å². The van der Waals surface area contributed by atoms with Crippen molar-refractivity contribution >= 4 is 23.8 Å². The van der Waals surface area contributed by atoms with Gasteiger partial charge >= 0.3 is 5.97 Å². The predicted molar refractivity (Wildman–Crippen MR) is 98.2 cm³/mol. The zero-order chi connectivity index (χ0) is 20.1. The van der Waals surface area contributed by atoms with Gasteiger partial charge in [-0.3, -0.25) is 4.79 Å². The number of methoxy groups -OCH3 is 1. The zero-order valence-corrected chi connectivity index (χ0v) is 15.4. The van der Waals surface area contributed by atoms with Crippen molar-refractivity contribution in [3.63, 3.8) is 0 Å². The van der Waals surface area contributed by atoms with Gasteiger partial charge in [-0.1, -0.05) is 0 Å². The fourth-order valence-corrected chi connectivity index (χ4v) is 2.21. The van der Waals surface area contributed by atoms with Crippen molar-refractivity contribution in [2.45, 2.75) is 0 Å². The van der Waals surface area contributed by atoms with E-state index in [9.17, 15) is 18.4 Å². The molecule has 0 saturated carbocycles. The summed E-state index contributed by atoms with van der Waals surface area (Å²) in [6, 6.07) is 7.87. The molecule has 8 heteroatoms. The first-order valence-corrected chi connectivity index (χ1v) is 7.91. The van der Waals surface area contributed by atoms with Crippen LogP contribution in [0.2, 0.25) is 0 Å². The Morgan fingerprint density at radius 3 is 2.33 bits per heavy atom. The molecule has 142 valence electrons. The van der Waals surface area contributed by atoms with Crippen LogP contribution in [0.3, 0.4) is 0 Å². The van der Waals surface area contributed by atoms with Gasteiger partial charge in [-0.15, -0.1) is 0 Å². The van der Waals surface area contributed by atoms with Crippen LogP contribution in [-0.2, 0) is 4.74 Å². The van der Waals surface area contributed by atoms with Gasteiger partial charge in [0.05, 0.1) is 24.5 Å². The molecule has 0 fully saturated rings. The molecule has 0 saturated heterocycles. The standard InChI is InChI=1S/C19H19F2N3O3/c1-23(2)14-7-8-16(20)15(10-14)18(25)24(3)22-11-13-6-5-12(9-17(13)21)19(26)27-4/h5-11H,1-4H3/b22-11+. The lowest BCUT2D eigenvalue weighted by atomic mass is 10.1. The van der Waals surface area contributed by atoms with Gasteiger partial charge < -0.3 is 9.64 Å². The summed E-state index contributed by atoms with van der Waals surface area (Å²) < 4.78 is 32.6. The van der Waals surface area contributed by atoms with Gasteiger partial charge in [0.15, 0.2) is 0 Å². The highest BCUT2D eigenvalue weighted by molar-refractivity contribution is 5.96. The molecule has 0 spiro atoms. The van der Waals surface area contributed by atoms with Crippen molar-refractivity contribution in [3.8, 4) is 0 Å². The summed E-state index contributed by atoms with van der Waals surface area (Å²) in [5.41, 5.74) is 0.618. The summed E-state index contributed by atoms with van der Waals surface area (Å²) in [6.45, 7) is 0. The molecule has 2 rings (SSSR count). The maximum atomic E-state index is 14.1. The Morgan fingerprint density at radius 1 is 1.04 bits per heavy atom. The monoisotopic (exact) mass is 375 g/mol. The highest BCUT2D eigenvalue weighted by Gasteiger charge is 2.17. The highest BCUT2D eigenvalue weighted by atomic mass is 19.1. The molecule has 0 aliphatic carbocycles. The van der Waals surface area contributed by atoms with E-state index in [1.165, 1.54) is 38.4 Å². The van der Waals surface area contributed by atoms with E-state index in [4.69, 9.17) is 0 Å². The minimum Gasteiger partial charge on any atom is -0.465 e. The number of hydrazone groups is 1. The van der Waals surface area contributed by atoms with E-state index in [0.717, 1.165) is 17.3 Å². The number of benzene rings is 2. The number of esters is 1. The Hall–Kier alpha value is -3.29. The van der Waals surface area contributed by atoms with E-state index in [0.29, 0.717) is 5.69 Å². The van der Waals surface area contributed by atoms with Crippen LogP contribution in [0.1, 0.15) is 26.3 Å². The normalized spacial score (nSPS) is 10.7. The molecular weight excluding hydrogens is 356 g/mol. The number of amides is 1. The predicted octanol–water partition coefficient (Wildman–Crippen LogP) is 2.92. The third-order valence-electron chi connectivity index (χ3n) is 3.78. The van der Waals surface area contributed by atoms with Crippen LogP contribution in [0.5, 0.6) is 0 Å². The maximum absolute atomic E-state index is 14.1. The lowest BCUT2D eigenvalue weighted by molar-refractivity contribution is 0.0600. The number of hydrogen-bond acceptors (Lipinski definition) is 5. The van der Waals surface area contributed by atoms with Crippen molar-refractivity contribution in [1.29, 1.82) is 0 Å². The Morgan fingerprint density at radius 2 is 1.74 bits per heavy atom. The molecule has 0 atom stereocenters. The van der Waals surface area contributed by atoms with E-state index >= 15 is 0 Å². The van der Waals surface area contributed by atoms with Crippen LogP contribution in [0.4, 0.5) is 14.5 Å². The van der Waals surface area contributed by atoms with Gasteiger partial charge in [0.25, 0.3) is 5.91 Å². The Kier molecular flexibility index (Phi) is 6.23. The number of hydrogen-bond donors (Lipinski definition) is 0. The summed E-state index contributed by atoms with van der Waals surface area (Å²) in [5.74, 6) is -2.73. The molecule has 27 heavy (non-hydrogen) atoms. The van der Waals surface area contributed by atoms with Crippen molar-refractivity contribution in [3.05, 3.63) is 64.7 Å². The molecule has 0 aliphatic rings. The van der Waals surface area contributed by atoms with Gasteiger partial charge in [0.2, 0.25) is 0 Å². The molecule has 6 nitrogen and oxygen atoms in total. The first-order valence-electron chi connectivity index (χ1n) is 7.91. The number of halogens is 2. The zero-order valence-electron chi connectivity index (χ0n) is 15.4. The van der Waals surface area contributed by atoms with Gasteiger partial charge in [-0.2, -0.15) is 5.10 Å². The molecule has 0 unspecified atom stereocenters. The second kappa shape index (κ2) is 8.39. The lowest BCUT2D eigenvalue weighted by Gasteiger charge is -2.16. The van der Waals surface area contributed by atoms with Crippen molar-refractivity contribution in [2.75, 3.05) is 33.2 Å². The van der Waals surface area contributed by atoms with Crippen LogP contribution in [0.25, 0.3) is 0 Å². The quantitative estimate of drug-likeness (QED) is 0.458. The van der Waals surface area contributed by atoms with Crippen LogP contribution in [0, 0.1) is 11.6 Å². The van der Waals surface area contributed by atoms with Gasteiger partial charge in [0.1, 0.15) is 11.6 Å². The minimum absolute atomic E-state index is 0.0548. The third kappa shape index (κ3) is 4.66. The van der Waals surface area contributed by atoms with E-state index < -0.39 is 23.5 Å². The molecular formula is C19H19F2N3O3. The number of rotatable bonds is 5. The summed E-state index contributed by atoms with van der Waals surface area (Å²) in [5, 5.41) is 4.77. The highest BCUT2D eigenvalue weighted by Crippen LogP contribution is 2.18. The first-order chi connectivity index (χ1) is 12.7. The van der Waals surface area contributed by atoms with Gasteiger partial charge in [-0.05, 0) is 36.4 Å². The van der Waals surface area contributed by atoms with E-state index in [-0.39, 0.29) is 16.7 Å². The topological polar surface area (TPSA) is 62.2 Å². The van der Waals surface area contributed by atoms with E-state index in [1.54, 1.807) is 25.1 Å². The summed E-state index contributed by atoms with van der Waals surface area (Å²) >= 11 is 0. The number of anilines is 1. The fourth-order valence-electron chi connectivity index (χ4n) is 2.21. The second-order valence-electron chi connectivity index (χ2n) is 5.86. The largest absolute Gasteiger partial charge is 0.465 e. The minimum atomic E-state index is -0.705. The summed E-state index contributed by atoms with van der Waals surface area (Å²) in [6.07, 6.45) is 1.11. The smallest absolute Gasteiger partial charge is 0.337 e. The maximum Gasteiger partial charge on any atom is 0.337 e. The summed E-state index contributed by atoms with van der Waals surface area (Å²) in [7, 11) is 6.07. The average molecular weight is 375 g/mol. The van der Waals surface area contributed by atoms with E-state index in [2.05, 4.69) is 9.84 Å². The summed E-state index contributed by atoms with van der Waals surface area (Å²) in [4.78, 5) is 25.5. The van der Waals surface area contributed by atoms with Crippen molar-refractivity contribution < 1.29 is 23.1 Å². The van der Waals surface area contributed by atoms with Crippen LogP contribution in [-0.4, -0.2) is 51.4 Å². The molecule has 0 bridgehead atoms. The lowest BCUT2D eigenvalue weighted by Crippen LogP contribution is -2.23. The molecule has 0 radical (unpaired) electrons. The van der Waals surface area contributed by atoms with Crippen LogP contribution < -0.4 is 4.90 Å². The SMILES string of the molecule is COC(=O)c1ccc(/C=N/N(C)C(=O)c2cc(N(C)C)ccc2F)c(F)c1. The Balaban J connectivity index is 2.22. The van der Waals surface area contributed by atoms with Crippen LogP contribution in [0.15, 0.2) is 41.5 Å². The van der Waals surface area contributed by atoms with Gasteiger partial charge in [0, 0.05) is 32.4 Å². The third-order valence-corrected chi connectivity index (χ3v) is 3.78. The molecule has 0 N–H and O–H groups in total. The first kappa shape index (κ1) is 20.0. The number of ether oxygens (including phenoxy) is 1. The molecule has 2 aromatic carbocycles. The van der Waals surface area contributed by atoms with Gasteiger partial charge in [-0.25, -0.2) is 18.6 Å². The number of carbonyl (C=O) groups excluding carboxylic acids is 2. The average Bonchev–Trinajstić information content (AvgIpc) is 2.65. The molecule has 2 aromatic rings. The van der Waals surface area contributed by atoms with E-state index in [1.807, 2.05) is 0 Å². The Labute approximate surface area is 155 Å². The number of carbonyl (C=O) groups is 2. The molecule has 1 amide bonds. The molecule has 0 aromatic heterocycles. The van der Waals surface area contributed by atoms with Crippen molar-refractivity contribution in [1.82, 2.24) is 5.01 Å².